The summed E-state index contributed by atoms with van der Waals surface area (Å²) < 4.78 is 5.45. The van der Waals surface area contributed by atoms with Crippen LogP contribution in [0.25, 0.3) is 0 Å². The van der Waals surface area contributed by atoms with Gasteiger partial charge in [-0.25, -0.2) is 0 Å². The molecule has 0 aromatic carbocycles. The van der Waals surface area contributed by atoms with E-state index in [0.29, 0.717) is 12.1 Å². The smallest absolute Gasteiger partial charge is 0.0620 e. The first-order valence-corrected chi connectivity index (χ1v) is 6.87. The lowest BCUT2D eigenvalue weighted by Gasteiger charge is -2.26. The Balaban J connectivity index is 1.95. The van der Waals surface area contributed by atoms with Crippen molar-refractivity contribution in [3.8, 4) is 0 Å². The number of nitrogens with one attached hydrogen (secondary N) is 2. The molecule has 0 radical (unpaired) electrons. The Morgan fingerprint density at radius 1 is 1.38 bits per heavy atom. The van der Waals surface area contributed by atoms with E-state index in [0.717, 1.165) is 26.3 Å². The van der Waals surface area contributed by atoms with Crippen LogP contribution in [0.2, 0.25) is 0 Å². The molecular weight excluding hydrogens is 200 g/mol. The molecule has 2 N–H and O–H groups in total. The Hall–Kier alpha value is -0.120. The molecule has 1 aliphatic heterocycles. The van der Waals surface area contributed by atoms with Crippen LogP contribution in [-0.4, -0.2) is 38.4 Å². The van der Waals surface area contributed by atoms with Crippen LogP contribution in [0.5, 0.6) is 0 Å². The quantitative estimate of drug-likeness (QED) is 0.623. The Morgan fingerprint density at radius 3 is 2.94 bits per heavy atom. The van der Waals surface area contributed by atoms with Crippen molar-refractivity contribution in [2.24, 2.45) is 0 Å². The first kappa shape index (κ1) is 13.9. The number of hydrogen-bond acceptors (Lipinski definition) is 3. The fraction of sp³-hybridized carbons (Fsp3) is 1.00. The van der Waals surface area contributed by atoms with E-state index in [4.69, 9.17) is 4.74 Å². The number of hydrogen-bond donors (Lipinski definition) is 2. The van der Waals surface area contributed by atoms with E-state index >= 15 is 0 Å². The fourth-order valence-electron chi connectivity index (χ4n) is 2.18. The van der Waals surface area contributed by atoms with E-state index in [2.05, 4.69) is 24.5 Å². The average Bonchev–Trinajstić information content (AvgIpc) is 2.30. The molecule has 0 amide bonds. The third-order valence-electron chi connectivity index (χ3n) is 3.16. The van der Waals surface area contributed by atoms with Crippen molar-refractivity contribution >= 4 is 0 Å². The zero-order valence-corrected chi connectivity index (χ0v) is 10.9. The maximum Gasteiger partial charge on any atom is 0.0620 e. The van der Waals surface area contributed by atoms with Gasteiger partial charge in [-0.15, -0.1) is 0 Å². The summed E-state index contributed by atoms with van der Waals surface area (Å²) in [5.41, 5.74) is 0. The van der Waals surface area contributed by atoms with E-state index in [9.17, 15) is 0 Å². The highest BCUT2D eigenvalue weighted by atomic mass is 16.5. The molecule has 0 saturated carbocycles. The third kappa shape index (κ3) is 6.46. The van der Waals surface area contributed by atoms with Gasteiger partial charge < -0.3 is 15.4 Å². The molecule has 3 heteroatoms. The number of morpholine rings is 1. The SMILES string of the molecule is CCCCCCNC(C)CC1COCCN1. The minimum atomic E-state index is 0.548. The van der Waals surface area contributed by atoms with Crippen molar-refractivity contribution in [2.45, 2.75) is 58.0 Å². The molecule has 1 aliphatic rings. The highest BCUT2D eigenvalue weighted by Gasteiger charge is 2.15. The predicted molar refractivity (Wildman–Crippen MR) is 68.8 cm³/mol. The summed E-state index contributed by atoms with van der Waals surface area (Å²) in [5.74, 6) is 0. The van der Waals surface area contributed by atoms with E-state index in [1.165, 1.54) is 32.1 Å². The normalized spacial score (nSPS) is 23.2. The van der Waals surface area contributed by atoms with Crippen molar-refractivity contribution in [1.82, 2.24) is 10.6 Å². The lowest BCUT2D eigenvalue weighted by atomic mass is 10.1. The van der Waals surface area contributed by atoms with Gasteiger partial charge in [0.05, 0.1) is 13.2 Å². The molecule has 1 heterocycles. The third-order valence-corrected chi connectivity index (χ3v) is 3.16. The van der Waals surface area contributed by atoms with Crippen molar-refractivity contribution in [1.29, 1.82) is 0 Å². The molecule has 0 spiro atoms. The Kier molecular flexibility index (Phi) is 7.81. The largest absolute Gasteiger partial charge is 0.379 e. The molecule has 1 saturated heterocycles. The first-order valence-electron chi connectivity index (χ1n) is 6.87. The lowest BCUT2D eigenvalue weighted by Crippen LogP contribution is -2.45. The molecule has 0 aromatic heterocycles. The molecule has 96 valence electrons. The maximum atomic E-state index is 5.45. The Morgan fingerprint density at radius 2 is 2.25 bits per heavy atom. The van der Waals surface area contributed by atoms with Crippen molar-refractivity contribution in [3.63, 3.8) is 0 Å². The summed E-state index contributed by atoms with van der Waals surface area (Å²) >= 11 is 0. The van der Waals surface area contributed by atoms with Gasteiger partial charge in [-0.2, -0.15) is 0 Å². The number of unbranched alkanes of at least 4 members (excludes halogenated alkanes) is 3. The second kappa shape index (κ2) is 8.97. The van der Waals surface area contributed by atoms with Crippen molar-refractivity contribution in [2.75, 3.05) is 26.3 Å². The average molecular weight is 228 g/mol. The van der Waals surface area contributed by atoms with Gasteiger partial charge in [-0.3, -0.25) is 0 Å². The van der Waals surface area contributed by atoms with E-state index in [1.54, 1.807) is 0 Å². The number of ether oxygens (including phenoxy) is 1. The minimum absolute atomic E-state index is 0.548. The van der Waals surface area contributed by atoms with Crippen LogP contribution < -0.4 is 10.6 Å². The van der Waals surface area contributed by atoms with Crippen LogP contribution in [0.4, 0.5) is 0 Å². The summed E-state index contributed by atoms with van der Waals surface area (Å²) in [4.78, 5) is 0. The van der Waals surface area contributed by atoms with E-state index in [-0.39, 0.29) is 0 Å². The highest BCUT2D eigenvalue weighted by molar-refractivity contribution is 4.75. The Bertz CT molecular complexity index is 158. The van der Waals surface area contributed by atoms with Crippen LogP contribution >= 0.6 is 0 Å². The van der Waals surface area contributed by atoms with E-state index < -0.39 is 0 Å². The standard InChI is InChI=1S/C13H28N2O/c1-3-4-5-6-7-14-12(2)10-13-11-16-9-8-15-13/h12-15H,3-11H2,1-2H3. The van der Waals surface area contributed by atoms with Crippen molar-refractivity contribution in [3.05, 3.63) is 0 Å². The molecule has 0 bridgehead atoms. The Labute approximate surface area is 100 Å². The topological polar surface area (TPSA) is 33.3 Å². The molecule has 2 unspecified atom stereocenters. The predicted octanol–water partition coefficient (Wildman–Crippen LogP) is 1.92. The van der Waals surface area contributed by atoms with Crippen LogP contribution in [0, 0.1) is 0 Å². The second-order valence-electron chi connectivity index (χ2n) is 4.88. The van der Waals surface area contributed by atoms with Gasteiger partial charge in [-0.05, 0) is 26.3 Å². The zero-order chi connectivity index (χ0) is 11.6. The van der Waals surface area contributed by atoms with Gasteiger partial charge in [0.2, 0.25) is 0 Å². The van der Waals surface area contributed by atoms with Crippen LogP contribution in [-0.2, 0) is 4.74 Å². The van der Waals surface area contributed by atoms with Gasteiger partial charge >= 0.3 is 0 Å². The molecular formula is C13H28N2O. The number of rotatable bonds is 8. The summed E-state index contributed by atoms with van der Waals surface area (Å²) in [6.45, 7) is 8.45. The molecule has 0 aliphatic carbocycles. The van der Waals surface area contributed by atoms with Crippen LogP contribution in [0.15, 0.2) is 0 Å². The summed E-state index contributed by atoms with van der Waals surface area (Å²) in [6, 6.07) is 1.15. The maximum absolute atomic E-state index is 5.45. The van der Waals surface area contributed by atoms with Crippen LogP contribution in [0.3, 0.4) is 0 Å². The first-order chi connectivity index (χ1) is 7.83. The summed E-state index contributed by atoms with van der Waals surface area (Å²) in [6.07, 6.45) is 6.54. The van der Waals surface area contributed by atoms with Gasteiger partial charge in [0.15, 0.2) is 0 Å². The molecule has 16 heavy (non-hydrogen) atoms. The highest BCUT2D eigenvalue weighted by Crippen LogP contribution is 2.03. The lowest BCUT2D eigenvalue weighted by molar-refractivity contribution is 0.0712. The second-order valence-corrected chi connectivity index (χ2v) is 4.88. The fourth-order valence-corrected chi connectivity index (χ4v) is 2.18. The molecule has 3 nitrogen and oxygen atoms in total. The van der Waals surface area contributed by atoms with E-state index in [1.807, 2.05) is 0 Å². The van der Waals surface area contributed by atoms with Gasteiger partial charge in [-0.1, -0.05) is 26.2 Å². The summed E-state index contributed by atoms with van der Waals surface area (Å²) in [7, 11) is 0. The molecule has 2 atom stereocenters. The van der Waals surface area contributed by atoms with Gasteiger partial charge in [0, 0.05) is 18.6 Å². The molecule has 0 aromatic rings. The van der Waals surface area contributed by atoms with Gasteiger partial charge in [0.1, 0.15) is 0 Å². The van der Waals surface area contributed by atoms with Gasteiger partial charge in [0.25, 0.3) is 0 Å². The zero-order valence-electron chi connectivity index (χ0n) is 10.9. The van der Waals surface area contributed by atoms with Crippen molar-refractivity contribution < 1.29 is 4.74 Å². The minimum Gasteiger partial charge on any atom is -0.379 e. The monoisotopic (exact) mass is 228 g/mol. The molecule has 1 rings (SSSR count). The summed E-state index contributed by atoms with van der Waals surface area (Å²) in [5, 5.41) is 7.09. The molecule has 1 fully saturated rings. The van der Waals surface area contributed by atoms with Crippen LogP contribution in [0.1, 0.15) is 46.0 Å².